The van der Waals surface area contributed by atoms with E-state index in [1.165, 1.54) is 0 Å². The average Bonchev–Trinajstić information content (AvgIpc) is 2.59. The van der Waals surface area contributed by atoms with Crippen molar-refractivity contribution in [1.82, 2.24) is 0 Å². The van der Waals surface area contributed by atoms with E-state index in [1.807, 2.05) is 11.4 Å². The van der Waals surface area contributed by atoms with Crippen molar-refractivity contribution in [2.24, 2.45) is 0 Å². The van der Waals surface area contributed by atoms with E-state index in [4.69, 9.17) is 29.7 Å². The molecule has 0 aliphatic carbocycles. The fourth-order valence-corrected chi connectivity index (χ4v) is 5.46. The summed E-state index contributed by atoms with van der Waals surface area (Å²) in [5.74, 6) is 0. The Bertz CT molecular complexity index is 452. The topological polar surface area (TPSA) is 146 Å². The SMILES string of the molecule is C[As](C)(=S)C[C@H]1O[C@@H](OCC(O)COP(=O)(O)O)[C@H](O)[C@@H]1O. The summed E-state index contributed by atoms with van der Waals surface area (Å²) >= 11 is -2.26. The molecule has 1 aliphatic heterocycles. The van der Waals surface area contributed by atoms with Crippen molar-refractivity contribution in [1.29, 1.82) is 0 Å². The van der Waals surface area contributed by atoms with Gasteiger partial charge in [0, 0.05) is 0 Å². The fraction of sp³-hybridized carbons (Fsp3) is 1.00. The summed E-state index contributed by atoms with van der Waals surface area (Å²) in [6, 6.07) is 0. The minimum atomic E-state index is -4.67. The van der Waals surface area contributed by atoms with Gasteiger partial charge in [-0.1, -0.05) is 0 Å². The zero-order valence-electron chi connectivity index (χ0n) is 12.2. The number of hydrogen-bond donors (Lipinski definition) is 5. The summed E-state index contributed by atoms with van der Waals surface area (Å²) in [5.41, 5.74) is 3.90. The molecule has 0 bridgehead atoms. The standard InChI is InChI=1S/C10H22AsO9PS/c1-11(2,22)3-7-8(13)9(14)10(20-7)18-4-6(12)5-19-21(15,16)17/h6-10,12-14H,3-5H2,1-2H3,(H2,15,16,17)/t6?,7-,8-,9-,10-/m1/s1. The van der Waals surface area contributed by atoms with Gasteiger partial charge in [-0.25, -0.2) is 0 Å². The molecule has 1 unspecified atom stereocenters. The summed E-state index contributed by atoms with van der Waals surface area (Å²) in [7, 11) is 0.689. The molecule has 9 nitrogen and oxygen atoms in total. The molecule has 0 aromatic heterocycles. The van der Waals surface area contributed by atoms with Crippen molar-refractivity contribution in [2.75, 3.05) is 13.2 Å². The zero-order valence-corrected chi connectivity index (χ0v) is 15.8. The van der Waals surface area contributed by atoms with Gasteiger partial charge in [-0.15, -0.1) is 0 Å². The molecule has 0 saturated carbocycles. The first-order chi connectivity index (χ1) is 9.89. The molecule has 0 radical (unpaired) electrons. The van der Waals surface area contributed by atoms with Crippen LogP contribution in [0.2, 0.25) is 16.6 Å². The molecule has 1 rings (SSSR count). The van der Waals surface area contributed by atoms with Gasteiger partial charge in [-0.2, -0.15) is 0 Å². The number of aliphatic hydroxyl groups is 3. The van der Waals surface area contributed by atoms with E-state index >= 15 is 0 Å². The third-order valence-electron chi connectivity index (χ3n) is 2.83. The molecule has 1 aliphatic rings. The second-order valence-corrected chi connectivity index (χ2v) is 19.3. The first-order valence-electron chi connectivity index (χ1n) is 6.44. The predicted molar refractivity (Wildman–Crippen MR) is 80.5 cm³/mol. The number of ether oxygens (including phenoxy) is 2. The van der Waals surface area contributed by atoms with Gasteiger partial charge in [0.1, 0.15) is 0 Å². The van der Waals surface area contributed by atoms with Crippen molar-refractivity contribution in [3.63, 3.8) is 0 Å². The van der Waals surface area contributed by atoms with E-state index in [0.29, 0.717) is 5.21 Å². The minimum absolute atomic E-state index is 0.376. The Balaban J connectivity index is 2.43. The van der Waals surface area contributed by atoms with Crippen LogP contribution in [-0.4, -0.2) is 80.9 Å². The second kappa shape index (κ2) is 8.18. The van der Waals surface area contributed by atoms with E-state index in [0.717, 1.165) is 0 Å². The van der Waals surface area contributed by atoms with Gasteiger partial charge in [0.25, 0.3) is 0 Å². The van der Waals surface area contributed by atoms with E-state index < -0.39 is 57.0 Å². The van der Waals surface area contributed by atoms with Crippen LogP contribution in [0.1, 0.15) is 0 Å². The zero-order chi connectivity index (χ0) is 17.1. The molecule has 132 valence electrons. The van der Waals surface area contributed by atoms with Crippen LogP contribution in [-0.2, 0) is 18.6 Å². The molecule has 0 spiro atoms. The first kappa shape index (κ1) is 20.7. The normalized spacial score (nSPS) is 31.4. The summed E-state index contributed by atoms with van der Waals surface area (Å²) in [5, 5.41) is 29.7. The third-order valence-corrected chi connectivity index (χ3v) is 6.69. The number of phosphoric ester groups is 1. The van der Waals surface area contributed by atoms with Crippen molar-refractivity contribution in [3.8, 4) is 0 Å². The molecule has 1 saturated heterocycles. The molecule has 1 heterocycles. The molecular formula is C10H22AsO9PS. The number of aliphatic hydroxyl groups excluding tert-OH is 3. The van der Waals surface area contributed by atoms with E-state index in [2.05, 4.69) is 4.52 Å². The maximum absolute atomic E-state index is 10.5. The van der Waals surface area contributed by atoms with Crippen LogP contribution >= 0.6 is 18.2 Å². The molecule has 22 heavy (non-hydrogen) atoms. The van der Waals surface area contributed by atoms with Crippen molar-refractivity contribution < 1.29 is 43.7 Å². The van der Waals surface area contributed by atoms with Crippen LogP contribution < -0.4 is 0 Å². The van der Waals surface area contributed by atoms with Crippen LogP contribution in [0.3, 0.4) is 0 Å². The summed E-state index contributed by atoms with van der Waals surface area (Å²) in [6.07, 6.45) is -5.48. The summed E-state index contributed by atoms with van der Waals surface area (Å²) in [6.45, 7) is -1.01. The van der Waals surface area contributed by atoms with Gasteiger partial charge in [-0.3, -0.25) is 0 Å². The van der Waals surface area contributed by atoms with Gasteiger partial charge in [0.15, 0.2) is 0 Å². The van der Waals surface area contributed by atoms with Crippen molar-refractivity contribution >= 4 is 30.1 Å². The van der Waals surface area contributed by atoms with Crippen LogP contribution in [0, 0.1) is 0 Å². The molecule has 0 amide bonds. The Morgan fingerprint density at radius 2 is 1.86 bits per heavy atom. The number of hydrogen-bond acceptors (Lipinski definition) is 8. The number of rotatable bonds is 8. The Morgan fingerprint density at radius 1 is 1.27 bits per heavy atom. The Hall–Kier alpha value is 0.688. The second-order valence-electron chi connectivity index (χ2n) is 5.55. The van der Waals surface area contributed by atoms with Gasteiger partial charge < -0.3 is 0 Å². The molecule has 5 N–H and O–H groups in total. The van der Waals surface area contributed by atoms with Crippen molar-refractivity contribution in [2.45, 2.75) is 47.3 Å². The Morgan fingerprint density at radius 3 is 2.36 bits per heavy atom. The molecule has 1 fully saturated rings. The molecular weight excluding hydrogens is 402 g/mol. The van der Waals surface area contributed by atoms with Crippen LogP contribution in [0.4, 0.5) is 0 Å². The van der Waals surface area contributed by atoms with Gasteiger partial charge in [-0.05, 0) is 0 Å². The van der Waals surface area contributed by atoms with E-state index in [9.17, 15) is 19.9 Å². The molecule has 5 atom stereocenters. The average molecular weight is 424 g/mol. The molecule has 0 aromatic rings. The first-order valence-corrected chi connectivity index (χ1v) is 15.7. The Labute approximate surface area is 134 Å². The van der Waals surface area contributed by atoms with Crippen LogP contribution in [0.15, 0.2) is 0 Å². The quantitative estimate of drug-likeness (QED) is 0.251. The summed E-state index contributed by atoms with van der Waals surface area (Å²) in [4.78, 5) is 17.0. The van der Waals surface area contributed by atoms with Crippen LogP contribution in [0.25, 0.3) is 0 Å². The molecule has 0 aromatic carbocycles. The van der Waals surface area contributed by atoms with Crippen LogP contribution in [0.5, 0.6) is 0 Å². The van der Waals surface area contributed by atoms with Crippen molar-refractivity contribution in [3.05, 3.63) is 0 Å². The maximum atomic E-state index is 10.5. The van der Waals surface area contributed by atoms with E-state index in [-0.39, 0.29) is 6.61 Å². The fourth-order valence-electron chi connectivity index (χ4n) is 1.87. The monoisotopic (exact) mass is 424 g/mol. The number of phosphoric acid groups is 1. The summed E-state index contributed by atoms with van der Waals surface area (Å²) < 4.78 is 25.1. The Kier molecular flexibility index (Phi) is 7.71. The van der Waals surface area contributed by atoms with Gasteiger partial charge in [0.2, 0.25) is 0 Å². The predicted octanol–water partition coefficient (Wildman–Crippen LogP) is -0.678. The molecule has 12 heteroatoms. The van der Waals surface area contributed by atoms with E-state index in [1.54, 1.807) is 0 Å². The van der Waals surface area contributed by atoms with Gasteiger partial charge >= 0.3 is 134 Å². The third kappa shape index (κ3) is 7.51. The van der Waals surface area contributed by atoms with Gasteiger partial charge in [0.05, 0.1) is 0 Å².